The van der Waals surface area contributed by atoms with Crippen LogP contribution in [0.1, 0.15) is 11.1 Å². The summed E-state index contributed by atoms with van der Waals surface area (Å²) in [6, 6.07) is 2.12. The highest BCUT2D eigenvalue weighted by atomic mass is 79.9. The minimum Gasteiger partial charge on any atom is -0.334 e. The molecule has 1 aromatic carbocycles. The van der Waals surface area contributed by atoms with Crippen LogP contribution in [0.5, 0.6) is 0 Å². The van der Waals surface area contributed by atoms with Gasteiger partial charge in [-0.25, -0.2) is 4.98 Å². The van der Waals surface area contributed by atoms with Crippen molar-refractivity contribution in [2.75, 3.05) is 0 Å². The molecule has 0 radical (unpaired) electrons. The van der Waals surface area contributed by atoms with E-state index in [4.69, 9.17) is 0 Å². The molecule has 3 heteroatoms. The summed E-state index contributed by atoms with van der Waals surface area (Å²) in [5.41, 5.74) is 4.80. The number of benzene rings is 1. The molecule has 0 saturated heterocycles. The SMILES string of the molecule is Cc1c(Br)cc2c(ncn2C)c1C. The Balaban J connectivity index is 2.96. The Kier molecular flexibility index (Phi) is 1.91. The number of imidazole rings is 1. The summed E-state index contributed by atoms with van der Waals surface area (Å²) in [5, 5.41) is 0. The highest BCUT2D eigenvalue weighted by molar-refractivity contribution is 9.10. The molecular formula is C10H11BrN2. The van der Waals surface area contributed by atoms with Crippen molar-refractivity contribution in [2.24, 2.45) is 7.05 Å². The molecule has 0 saturated carbocycles. The summed E-state index contributed by atoms with van der Waals surface area (Å²) < 4.78 is 3.19. The van der Waals surface area contributed by atoms with E-state index in [1.54, 1.807) is 0 Å². The maximum atomic E-state index is 4.36. The Morgan fingerprint density at radius 1 is 1.31 bits per heavy atom. The van der Waals surface area contributed by atoms with Crippen molar-refractivity contribution in [1.29, 1.82) is 0 Å². The van der Waals surface area contributed by atoms with Crippen molar-refractivity contribution in [3.05, 3.63) is 28.0 Å². The molecule has 0 bridgehead atoms. The zero-order chi connectivity index (χ0) is 9.59. The zero-order valence-corrected chi connectivity index (χ0v) is 9.51. The van der Waals surface area contributed by atoms with E-state index in [9.17, 15) is 0 Å². The fourth-order valence-electron chi connectivity index (χ4n) is 1.48. The first-order valence-electron chi connectivity index (χ1n) is 4.18. The minimum atomic E-state index is 1.10. The van der Waals surface area contributed by atoms with Crippen LogP contribution in [0.2, 0.25) is 0 Å². The Bertz CT molecular complexity index is 471. The van der Waals surface area contributed by atoms with Gasteiger partial charge in [0.25, 0.3) is 0 Å². The quantitative estimate of drug-likeness (QED) is 0.691. The van der Waals surface area contributed by atoms with Crippen molar-refractivity contribution in [2.45, 2.75) is 13.8 Å². The van der Waals surface area contributed by atoms with Gasteiger partial charge in [0.15, 0.2) is 0 Å². The number of hydrogen-bond acceptors (Lipinski definition) is 1. The van der Waals surface area contributed by atoms with E-state index < -0.39 is 0 Å². The second-order valence-electron chi connectivity index (χ2n) is 3.33. The molecule has 0 unspecified atom stereocenters. The van der Waals surface area contributed by atoms with Crippen molar-refractivity contribution in [1.82, 2.24) is 9.55 Å². The second-order valence-corrected chi connectivity index (χ2v) is 4.19. The molecule has 0 aliphatic rings. The molecular weight excluding hydrogens is 228 g/mol. The smallest absolute Gasteiger partial charge is 0.0955 e. The van der Waals surface area contributed by atoms with Crippen molar-refractivity contribution >= 4 is 27.0 Å². The van der Waals surface area contributed by atoms with Crippen molar-refractivity contribution in [3.63, 3.8) is 0 Å². The normalized spacial score (nSPS) is 11.1. The van der Waals surface area contributed by atoms with Gasteiger partial charge in [0.05, 0.1) is 17.4 Å². The second kappa shape index (κ2) is 2.84. The average Bonchev–Trinajstić information content (AvgIpc) is 2.45. The number of aryl methyl sites for hydroxylation is 2. The van der Waals surface area contributed by atoms with Gasteiger partial charge in [-0.1, -0.05) is 15.9 Å². The molecule has 0 atom stereocenters. The van der Waals surface area contributed by atoms with E-state index in [-0.39, 0.29) is 0 Å². The molecule has 68 valence electrons. The maximum absolute atomic E-state index is 4.36. The predicted octanol–water partition coefficient (Wildman–Crippen LogP) is 2.95. The fourth-order valence-corrected chi connectivity index (χ4v) is 2.00. The molecule has 0 fully saturated rings. The van der Waals surface area contributed by atoms with Gasteiger partial charge in [-0.3, -0.25) is 0 Å². The fraction of sp³-hybridized carbons (Fsp3) is 0.300. The first kappa shape index (κ1) is 8.75. The van der Waals surface area contributed by atoms with Gasteiger partial charge in [-0.15, -0.1) is 0 Å². The number of nitrogens with zero attached hydrogens (tertiary/aromatic N) is 2. The number of rotatable bonds is 0. The van der Waals surface area contributed by atoms with Crippen LogP contribution in [0, 0.1) is 13.8 Å². The van der Waals surface area contributed by atoms with Gasteiger partial charge in [-0.2, -0.15) is 0 Å². The molecule has 0 spiro atoms. The topological polar surface area (TPSA) is 17.8 Å². The van der Waals surface area contributed by atoms with Gasteiger partial charge in [0, 0.05) is 11.5 Å². The van der Waals surface area contributed by atoms with E-state index >= 15 is 0 Å². The number of hydrogen-bond donors (Lipinski definition) is 0. The van der Waals surface area contributed by atoms with Gasteiger partial charge < -0.3 is 4.57 Å². The molecule has 1 heterocycles. The summed E-state index contributed by atoms with van der Waals surface area (Å²) >= 11 is 3.54. The minimum absolute atomic E-state index is 1.10. The Morgan fingerprint density at radius 2 is 2.00 bits per heavy atom. The van der Waals surface area contributed by atoms with Crippen LogP contribution >= 0.6 is 15.9 Å². The largest absolute Gasteiger partial charge is 0.334 e. The van der Waals surface area contributed by atoms with Gasteiger partial charge >= 0.3 is 0 Å². The standard InChI is InChI=1S/C10H11BrN2/c1-6-7(2)10-9(4-8(6)11)13(3)5-12-10/h4-5H,1-3H3. The van der Waals surface area contributed by atoms with Crippen LogP contribution in [0.15, 0.2) is 16.9 Å². The number of halogens is 1. The maximum Gasteiger partial charge on any atom is 0.0955 e. The lowest BCUT2D eigenvalue weighted by molar-refractivity contribution is 0.947. The third kappa shape index (κ3) is 1.18. The number of fused-ring (bicyclic) bond motifs is 1. The van der Waals surface area contributed by atoms with E-state index in [1.807, 2.05) is 17.9 Å². The molecule has 0 amide bonds. The van der Waals surface area contributed by atoms with Crippen LogP contribution in [-0.4, -0.2) is 9.55 Å². The molecule has 13 heavy (non-hydrogen) atoms. The van der Waals surface area contributed by atoms with E-state index in [1.165, 1.54) is 16.6 Å². The first-order valence-corrected chi connectivity index (χ1v) is 4.97. The van der Waals surface area contributed by atoms with E-state index in [0.717, 1.165) is 9.99 Å². The van der Waals surface area contributed by atoms with Crippen molar-refractivity contribution < 1.29 is 0 Å². The summed E-state index contributed by atoms with van der Waals surface area (Å²) in [5.74, 6) is 0. The molecule has 0 aliphatic heterocycles. The third-order valence-corrected chi connectivity index (χ3v) is 3.35. The first-order chi connectivity index (χ1) is 6.11. The van der Waals surface area contributed by atoms with Crippen LogP contribution in [0.4, 0.5) is 0 Å². The summed E-state index contributed by atoms with van der Waals surface area (Å²) in [6.07, 6.45) is 1.85. The predicted molar refractivity (Wildman–Crippen MR) is 57.9 cm³/mol. The van der Waals surface area contributed by atoms with E-state index in [0.29, 0.717) is 0 Å². The van der Waals surface area contributed by atoms with Crippen molar-refractivity contribution in [3.8, 4) is 0 Å². The van der Waals surface area contributed by atoms with Gasteiger partial charge in [-0.05, 0) is 31.0 Å². The average molecular weight is 239 g/mol. The molecule has 0 aliphatic carbocycles. The number of aromatic nitrogens is 2. The zero-order valence-electron chi connectivity index (χ0n) is 7.93. The lowest BCUT2D eigenvalue weighted by atomic mass is 10.1. The van der Waals surface area contributed by atoms with Crippen LogP contribution in [-0.2, 0) is 7.05 Å². The molecule has 2 rings (SSSR count). The Labute approximate surface area is 85.7 Å². The third-order valence-electron chi connectivity index (χ3n) is 2.52. The van der Waals surface area contributed by atoms with Gasteiger partial charge in [0.2, 0.25) is 0 Å². The molecule has 1 aromatic heterocycles. The molecule has 0 N–H and O–H groups in total. The van der Waals surface area contributed by atoms with Crippen LogP contribution in [0.3, 0.4) is 0 Å². The summed E-state index contributed by atoms with van der Waals surface area (Å²) in [4.78, 5) is 4.36. The monoisotopic (exact) mass is 238 g/mol. The molecule has 2 nitrogen and oxygen atoms in total. The van der Waals surface area contributed by atoms with Gasteiger partial charge in [0.1, 0.15) is 0 Å². The van der Waals surface area contributed by atoms with E-state index in [2.05, 4.69) is 40.8 Å². The lowest BCUT2D eigenvalue weighted by Gasteiger charge is -2.04. The summed E-state index contributed by atoms with van der Waals surface area (Å²) in [7, 11) is 2.01. The Morgan fingerprint density at radius 3 is 2.69 bits per heavy atom. The Hall–Kier alpha value is -0.830. The van der Waals surface area contributed by atoms with Crippen LogP contribution in [0.25, 0.3) is 11.0 Å². The highest BCUT2D eigenvalue weighted by Gasteiger charge is 2.07. The highest BCUT2D eigenvalue weighted by Crippen LogP contribution is 2.26. The summed E-state index contributed by atoms with van der Waals surface area (Å²) in [6.45, 7) is 4.21. The van der Waals surface area contributed by atoms with Crippen LogP contribution < -0.4 is 0 Å². The lowest BCUT2D eigenvalue weighted by Crippen LogP contribution is -1.88. The molecule has 2 aromatic rings.